The van der Waals surface area contributed by atoms with Crippen molar-refractivity contribution >= 4 is 5.91 Å². The number of hydrogen-bond acceptors (Lipinski definition) is 2. The van der Waals surface area contributed by atoms with Crippen LogP contribution in [0.15, 0.2) is 12.1 Å². The maximum atomic E-state index is 10.5. The molecule has 1 aromatic heterocycles. The number of primary amides is 1. The number of aryl methyl sites for hydroxylation is 3. The quantitative estimate of drug-likeness (QED) is 0.786. The first-order valence-electron chi connectivity index (χ1n) is 4.80. The van der Waals surface area contributed by atoms with Gasteiger partial charge in [-0.05, 0) is 44.4 Å². The van der Waals surface area contributed by atoms with Gasteiger partial charge in [0.25, 0.3) is 0 Å². The molecule has 1 amide bonds. The number of rotatable bonds is 4. The van der Waals surface area contributed by atoms with Gasteiger partial charge in [0, 0.05) is 17.8 Å². The van der Waals surface area contributed by atoms with Gasteiger partial charge in [0.2, 0.25) is 5.91 Å². The molecule has 0 aliphatic rings. The minimum absolute atomic E-state index is 0.229. The fraction of sp³-hybridized carbons (Fsp3) is 0.455. The first-order chi connectivity index (χ1) is 6.58. The van der Waals surface area contributed by atoms with Gasteiger partial charge < -0.3 is 5.73 Å². The fourth-order valence-corrected chi connectivity index (χ4v) is 1.53. The summed E-state index contributed by atoms with van der Waals surface area (Å²) in [5, 5.41) is 0. The van der Waals surface area contributed by atoms with Gasteiger partial charge >= 0.3 is 0 Å². The molecule has 14 heavy (non-hydrogen) atoms. The first-order valence-corrected chi connectivity index (χ1v) is 4.80. The van der Waals surface area contributed by atoms with Crippen LogP contribution < -0.4 is 5.73 Å². The third-order valence-electron chi connectivity index (χ3n) is 2.03. The Morgan fingerprint density at radius 2 is 1.93 bits per heavy atom. The summed E-state index contributed by atoms with van der Waals surface area (Å²) in [6.45, 7) is 3.95. The molecule has 3 nitrogen and oxygen atoms in total. The molecule has 0 saturated carbocycles. The van der Waals surface area contributed by atoms with Crippen molar-refractivity contribution in [2.75, 3.05) is 0 Å². The summed E-state index contributed by atoms with van der Waals surface area (Å²) < 4.78 is 0. The summed E-state index contributed by atoms with van der Waals surface area (Å²) in [7, 11) is 0. The molecule has 2 N–H and O–H groups in total. The Balaban J connectivity index is 2.54. The second-order valence-corrected chi connectivity index (χ2v) is 3.58. The Morgan fingerprint density at radius 3 is 2.43 bits per heavy atom. The SMILES string of the molecule is Cc1cc(CCCC(N)=O)cc(C)n1. The van der Waals surface area contributed by atoms with Crippen molar-refractivity contribution in [2.45, 2.75) is 33.1 Å². The van der Waals surface area contributed by atoms with Crippen molar-refractivity contribution in [1.82, 2.24) is 4.98 Å². The predicted molar refractivity (Wildman–Crippen MR) is 55.8 cm³/mol. The molecular weight excluding hydrogens is 176 g/mol. The van der Waals surface area contributed by atoms with E-state index in [1.54, 1.807) is 0 Å². The van der Waals surface area contributed by atoms with Crippen LogP contribution in [0.2, 0.25) is 0 Å². The standard InChI is InChI=1S/C11H16N2O/c1-8-6-10(7-9(2)13-8)4-3-5-11(12)14/h6-7H,3-5H2,1-2H3,(H2,12,14). The summed E-state index contributed by atoms with van der Waals surface area (Å²) in [4.78, 5) is 14.8. The highest BCUT2D eigenvalue weighted by atomic mass is 16.1. The van der Waals surface area contributed by atoms with E-state index in [1.807, 2.05) is 26.0 Å². The zero-order valence-electron chi connectivity index (χ0n) is 8.71. The van der Waals surface area contributed by atoms with Gasteiger partial charge in [-0.2, -0.15) is 0 Å². The number of hydrogen-bond donors (Lipinski definition) is 1. The van der Waals surface area contributed by atoms with Gasteiger partial charge in [0.1, 0.15) is 0 Å². The molecule has 3 heteroatoms. The smallest absolute Gasteiger partial charge is 0.217 e. The Hall–Kier alpha value is -1.38. The Morgan fingerprint density at radius 1 is 1.36 bits per heavy atom. The molecule has 1 heterocycles. The fourth-order valence-electron chi connectivity index (χ4n) is 1.53. The van der Waals surface area contributed by atoms with Gasteiger partial charge in [-0.25, -0.2) is 0 Å². The van der Waals surface area contributed by atoms with Gasteiger partial charge in [-0.3, -0.25) is 9.78 Å². The van der Waals surface area contributed by atoms with Crippen molar-refractivity contribution in [3.63, 3.8) is 0 Å². The molecule has 0 fully saturated rings. The van der Waals surface area contributed by atoms with Crippen LogP contribution in [-0.2, 0) is 11.2 Å². The lowest BCUT2D eigenvalue weighted by atomic mass is 10.1. The second-order valence-electron chi connectivity index (χ2n) is 3.58. The summed E-state index contributed by atoms with van der Waals surface area (Å²) in [6.07, 6.45) is 2.17. The van der Waals surface area contributed by atoms with E-state index in [0.717, 1.165) is 24.2 Å². The average Bonchev–Trinajstić information content (AvgIpc) is 2.01. The van der Waals surface area contributed by atoms with Crippen LogP contribution in [0, 0.1) is 13.8 Å². The molecule has 0 aliphatic carbocycles. The summed E-state index contributed by atoms with van der Waals surface area (Å²) >= 11 is 0. The maximum absolute atomic E-state index is 10.5. The van der Waals surface area contributed by atoms with Crippen LogP contribution in [0.25, 0.3) is 0 Å². The van der Waals surface area contributed by atoms with Gasteiger partial charge in [-0.1, -0.05) is 0 Å². The van der Waals surface area contributed by atoms with E-state index in [4.69, 9.17) is 5.73 Å². The lowest BCUT2D eigenvalue weighted by Gasteiger charge is -2.03. The number of pyridine rings is 1. The van der Waals surface area contributed by atoms with Crippen LogP contribution in [0.5, 0.6) is 0 Å². The van der Waals surface area contributed by atoms with E-state index in [2.05, 4.69) is 4.98 Å². The normalized spacial score (nSPS) is 10.1. The highest BCUT2D eigenvalue weighted by Gasteiger charge is 1.99. The highest BCUT2D eigenvalue weighted by molar-refractivity contribution is 5.73. The van der Waals surface area contributed by atoms with E-state index in [9.17, 15) is 4.79 Å². The summed E-state index contributed by atoms with van der Waals surface area (Å²) in [5.74, 6) is -0.229. The molecule has 0 aromatic carbocycles. The van der Waals surface area contributed by atoms with E-state index in [1.165, 1.54) is 5.56 Å². The van der Waals surface area contributed by atoms with Crippen molar-refractivity contribution in [3.8, 4) is 0 Å². The molecule has 1 aromatic rings. The number of carbonyl (C=O) groups excluding carboxylic acids is 1. The van der Waals surface area contributed by atoms with Crippen molar-refractivity contribution in [1.29, 1.82) is 0 Å². The Kier molecular flexibility index (Phi) is 3.63. The molecule has 0 atom stereocenters. The molecule has 0 aliphatic heterocycles. The minimum atomic E-state index is -0.229. The molecule has 1 rings (SSSR count). The monoisotopic (exact) mass is 192 g/mol. The molecule has 76 valence electrons. The number of amides is 1. The first kappa shape index (κ1) is 10.7. The number of nitrogens with zero attached hydrogens (tertiary/aromatic N) is 1. The largest absolute Gasteiger partial charge is 0.370 e. The Bertz CT molecular complexity index is 314. The van der Waals surface area contributed by atoms with E-state index in [-0.39, 0.29) is 5.91 Å². The average molecular weight is 192 g/mol. The Labute approximate surface area is 84.3 Å². The highest BCUT2D eigenvalue weighted by Crippen LogP contribution is 2.08. The van der Waals surface area contributed by atoms with E-state index >= 15 is 0 Å². The number of carbonyl (C=O) groups is 1. The second kappa shape index (κ2) is 4.74. The molecule has 0 spiro atoms. The van der Waals surface area contributed by atoms with E-state index in [0.29, 0.717) is 6.42 Å². The van der Waals surface area contributed by atoms with Crippen LogP contribution in [0.1, 0.15) is 29.8 Å². The number of aromatic nitrogens is 1. The molecule has 0 radical (unpaired) electrons. The van der Waals surface area contributed by atoms with Crippen LogP contribution in [-0.4, -0.2) is 10.9 Å². The molecule has 0 saturated heterocycles. The van der Waals surface area contributed by atoms with Crippen LogP contribution in [0.3, 0.4) is 0 Å². The van der Waals surface area contributed by atoms with Gasteiger partial charge in [-0.15, -0.1) is 0 Å². The van der Waals surface area contributed by atoms with Crippen molar-refractivity contribution < 1.29 is 4.79 Å². The minimum Gasteiger partial charge on any atom is -0.370 e. The van der Waals surface area contributed by atoms with Gasteiger partial charge in [0.05, 0.1) is 0 Å². The summed E-state index contributed by atoms with van der Waals surface area (Å²) in [6, 6.07) is 4.10. The lowest BCUT2D eigenvalue weighted by molar-refractivity contribution is -0.118. The molecule has 0 unspecified atom stereocenters. The van der Waals surface area contributed by atoms with Crippen molar-refractivity contribution in [2.24, 2.45) is 5.73 Å². The summed E-state index contributed by atoms with van der Waals surface area (Å²) in [5.41, 5.74) is 8.35. The van der Waals surface area contributed by atoms with Crippen LogP contribution >= 0.6 is 0 Å². The third kappa shape index (κ3) is 3.56. The zero-order chi connectivity index (χ0) is 10.6. The maximum Gasteiger partial charge on any atom is 0.217 e. The van der Waals surface area contributed by atoms with Crippen LogP contribution in [0.4, 0.5) is 0 Å². The lowest BCUT2D eigenvalue weighted by Crippen LogP contribution is -2.10. The third-order valence-corrected chi connectivity index (χ3v) is 2.03. The van der Waals surface area contributed by atoms with Gasteiger partial charge in [0.15, 0.2) is 0 Å². The molecular formula is C11H16N2O. The number of nitrogens with two attached hydrogens (primary N) is 1. The van der Waals surface area contributed by atoms with E-state index < -0.39 is 0 Å². The van der Waals surface area contributed by atoms with Crippen molar-refractivity contribution in [3.05, 3.63) is 29.1 Å². The molecule has 0 bridgehead atoms. The zero-order valence-corrected chi connectivity index (χ0v) is 8.71. The topological polar surface area (TPSA) is 56.0 Å². The predicted octanol–water partition coefficient (Wildman–Crippen LogP) is 1.51.